The molecule has 0 aromatic heterocycles. The summed E-state index contributed by atoms with van der Waals surface area (Å²) in [7, 11) is 0. The standard InChI is InChI=1S/C19H19NO2/c21-18(14-7-3-1-4-8-14)16-11-17(13-20-12-16)19(22)15-9-5-2-6-10-15/h1-10,16-17,20H,11-13H2. The van der Waals surface area contributed by atoms with E-state index >= 15 is 0 Å². The minimum absolute atomic E-state index is 0.124. The van der Waals surface area contributed by atoms with Crippen LogP contribution in [0.4, 0.5) is 0 Å². The lowest BCUT2D eigenvalue weighted by atomic mass is 9.82. The Morgan fingerprint density at radius 1 is 0.727 bits per heavy atom. The highest BCUT2D eigenvalue weighted by Gasteiger charge is 2.31. The van der Waals surface area contributed by atoms with Gasteiger partial charge in [0.25, 0.3) is 0 Å². The Labute approximate surface area is 130 Å². The third-order valence-electron chi connectivity index (χ3n) is 4.21. The van der Waals surface area contributed by atoms with E-state index in [4.69, 9.17) is 0 Å². The fraction of sp³-hybridized carbons (Fsp3) is 0.263. The zero-order chi connectivity index (χ0) is 15.4. The fourth-order valence-corrected chi connectivity index (χ4v) is 3.02. The Balaban J connectivity index is 1.72. The number of nitrogens with one attached hydrogen (secondary N) is 1. The molecule has 0 radical (unpaired) electrons. The van der Waals surface area contributed by atoms with Gasteiger partial charge in [0.2, 0.25) is 0 Å². The van der Waals surface area contributed by atoms with Crippen molar-refractivity contribution in [2.24, 2.45) is 11.8 Å². The summed E-state index contributed by atoms with van der Waals surface area (Å²) in [6, 6.07) is 18.6. The second-order valence-corrected chi connectivity index (χ2v) is 5.75. The van der Waals surface area contributed by atoms with Crippen LogP contribution in [0.25, 0.3) is 0 Å². The molecule has 3 heteroatoms. The molecule has 2 aromatic carbocycles. The van der Waals surface area contributed by atoms with Gasteiger partial charge in [-0.3, -0.25) is 9.59 Å². The third-order valence-corrected chi connectivity index (χ3v) is 4.21. The average Bonchev–Trinajstić information content (AvgIpc) is 2.62. The van der Waals surface area contributed by atoms with E-state index in [1.54, 1.807) is 0 Å². The van der Waals surface area contributed by atoms with Gasteiger partial charge < -0.3 is 5.32 Å². The molecule has 0 aliphatic carbocycles. The fourth-order valence-electron chi connectivity index (χ4n) is 3.02. The van der Waals surface area contributed by atoms with Gasteiger partial charge in [0.1, 0.15) is 0 Å². The van der Waals surface area contributed by atoms with Crippen molar-refractivity contribution in [1.82, 2.24) is 5.32 Å². The molecule has 1 saturated heterocycles. The van der Waals surface area contributed by atoms with Crippen molar-refractivity contribution in [3.8, 4) is 0 Å². The van der Waals surface area contributed by atoms with Gasteiger partial charge in [0.05, 0.1) is 0 Å². The Kier molecular flexibility index (Phi) is 4.45. The number of carbonyl (C=O) groups is 2. The van der Waals surface area contributed by atoms with Crippen LogP contribution in [0, 0.1) is 11.8 Å². The average molecular weight is 293 g/mol. The first kappa shape index (κ1) is 14.7. The molecule has 3 rings (SSSR count). The van der Waals surface area contributed by atoms with E-state index < -0.39 is 0 Å². The summed E-state index contributed by atoms with van der Waals surface area (Å²) in [4.78, 5) is 25.1. The summed E-state index contributed by atoms with van der Waals surface area (Å²) >= 11 is 0. The van der Waals surface area contributed by atoms with Gasteiger partial charge in [0, 0.05) is 36.1 Å². The van der Waals surface area contributed by atoms with Crippen molar-refractivity contribution in [2.45, 2.75) is 6.42 Å². The minimum atomic E-state index is -0.131. The van der Waals surface area contributed by atoms with Crippen LogP contribution in [-0.2, 0) is 0 Å². The van der Waals surface area contributed by atoms with E-state index in [1.807, 2.05) is 60.7 Å². The van der Waals surface area contributed by atoms with Gasteiger partial charge in [-0.25, -0.2) is 0 Å². The summed E-state index contributed by atoms with van der Waals surface area (Å²) in [5.74, 6) is -0.0139. The van der Waals surface area contributed by atoms with Gasteiger partial charge in [-0.05, 0) is 6.42 Å². The van der Waals surface area contributed by atoms with Gasteiger partial charge in [-0.1, -0.05) is 60.7 Å². The summed E-state index contributed by atoms with van der Waals surface area (Å²) in [5.41, 5.74) is 1.45. The Hall–Kier alpha value is -2.26. The zero-order valence-electron chi connectivity index (χ0n) is 12.4. The Morgan fingerprint density at radius 3 is 1.55 bits per heavy atom. The van der Waals surface area contributed by atoms with Gasteiger partial charge in [-0.2, -0.15) is 0 Å². The van der Waals surface area contributed by atoms with Crippen molar-refractivity contribution in [1.29, 1.82) is 0 Å². The molecule has 22 heavy (non-hydrogen) atoms. The van der Waals surface area contributed by atoms with Crippen molar-refractivity contribution in [3.63, 3.8) is 0 Å². The van der Waals surface area contributed by atoms with E-state index in [1.165, 1.54) is 0 Å². The molecule has 112 valence electrons. The number of hydrogen-bond donors (Lipinski definition) is 1. The molecular formula is C19H19NO2. The van der Waals surface area contributed by atoms with Crippen molar-refractivity contribution >= 4 is 11.6 Å². The second-order valence-electron chi connectivity index (χ2n) is 5.75. The lowest BCUT2D eigenvalue weighted by Crippen LogP contribution is -2.42. The van der Waals surface area contributed by atoms with E-state index in [0.717, 1.165) is 11.1 Å². The number of hydrogen-bond acceptors (Lipinski definition) is 3. The van der Waals surface area contributed by atoms with Crippen molar-refractivity contribution < 1.29 is 9.59 Å². The van der Waals surface area contributed by atoms with Gasteiger partial charge in [0.15, 0.2) is 11.6 Å². The molecule has 0 bridgehead atoms. The largest absolute Gasteiger partial charge is 0.315 e. The highest BCUT2D eigenvalue weighted by atomic mass is 16.1. The van der Waals surface area contributed by atoms with E-state index in [0.29, 0.717) is 19.5 Å². The Bertz CT molecular complexity index is 594. The van der Waals surface area contributed by atoms with Crippen LogP contribution in [-0.4, -0.2) is 24.7 Å². The number of carbonyl (C=O) groups excluding carboxylic acids is 2. The molecule has 2 aromatic rings. The maximum atomic E-state index is 12.6. The third kappa shape index (κ3) is 3.15. The summed E-state index contributed by atoms with van der Waals surface area (Å²) in [6.45, 7) is 1.29. The predicted molar refractivity (Wildman–Crippen MR) is 86.0 cm³/mol. The quantitative estimate of drug-likeness (QED) is 0.882. The molecule has 1 heterocycles. The van der Waals surface area contributed by atoms with Crippen LogP contribution in [0.1, 0.15) is 27.1 Å². The predicted octanol–water partition coefficient (Wildman–Crippen LogP) is 2.98. The number of rotatable bonds is 4. The molecular weight excluding hydrogens is 274 g/mol. The van der Waals surface area contributed by atoms with Gasteiger partial charge in [-0.15, -0.1) is 0 Å². The lowest BCUT2D eigenvalue weighted by molar-refractivity contribution is 0.0811. The summed E-state index contributed by atoms with van der Waals surface area (Å²) in [6.07, 6.45) is 0.619. The lowest BCUT2D eigenvalue weighted by Gasteiger charge is -2.28. The van der Waals surface area contributed by atoms with Crippen LogP contribution in [0.5, 0.6) is 0 Å². The van der Waals surface area contributed by atoms with Crippen LogP contribution < -0.4 is 5.32 Å². The maximum absolute atomic E-state index is 12.6. The van der Waals surface area contributed by atoms with Crippen molar-refractivity contribution in [3.05, 3.63) is 71.8 Å². The molecule has 0 saturated carbocycles. The maximum Gasteiger partial charge on any atom is 0.167 e. The molecule has 2 unspecified atom stereocenters. The monoisotopic (exact) mass is 293 g/mol. The molecule has 1 aliphatic rings. The van der Waals surface area contributed by atoms with Crippen LogP contribution in [0.15, 0.2) is 60.7 Å². The summed E-state index contributed by atoms with van der Waals surface area (Å²) in [5, 5.41) is 3.24. The van der Waals surface area contributed by atoms with Crippen molar-refractivity contribution in [2.75, 3.05) is 13.1 Å². The number of ketones is 2. The SMILES string of the molecule is O=C(c1ccccc1)C1CNCC(C(=O)c2ccccc2)C1. The van der Waals surface area contributed by atoms with Crippen LogP contribution in [0.3, 0.4) is 0 Å². The number of benzene rings is 2. The van der Waals surface area contributed by atoms with Crippen LogP contribution in [0.2, 0.25) is 0 Å². The molecule has 0 spiro atoms. The van der Waals surface area contributed by atoms with E-state index in [9.17, 15) is 9.59 Å². The molecule has 1 N–H and O–H groups in total. The normalized spacial score (nSPS) is 21.3. The second kappa shape index (κ2) is 6.67. The molecule has 0 amide bonds. The number of Topliss-reactive ketones (excluding diaryl/α,β-unsaturated/α-hetero) is 2. The molecule has 1 aliphatic heterocycles. The first-order valence-electron chi connectivity index (χ1n) is 7.65. The number of piperidine rings is 1. The molecule has 2 atom stereocenters. The minimum Gasteiger partial charge on any atom is -0.315 e. The van der Waals surface area contributed by atoms with Gasteiger partial charge >= 0.3 is 0 Å². The molecule has 1 fully saturated rings. The zero-order valence-corrected chi connectivity index (χ0v) is 12.4. The van der Waals surface area contributed by atoms with E-state index in [2.05, 4.69) is 5.32 Å². The smallest absolute Gasteiger partial charge is 0.167 e. The highest BCUT2D eigenvalue weighted by Crippen LogP contribution is 2.23. The first-order valence-corrected chi connectivity index (χ1v) is 7.65. The molecule has 3 nitrogen and oxygen atoms in total. The van der Waals surface area contributed by atoms with Crippen LogP contribution >= 0.6 is 0 Å². The highest BCUT2D eigenvalue weighted by molar-refractivity contribution is 6.00. The topological polar surface area (TPSA) is 46.2 Å². The van der Waals surface area contributed by atoms with E-state index in [-0.39, 0.29) is 23.4 Å². The summed E-state index contributed by atoms with van der Waals surface area (Å²) < 4.78 is 0. The first-order chi connectivity index (χ1) is 10.8. The Morgan fingerprint density at radius 2 is 1.14 bits per heavy atom.